The van der Waals surface area contributed by atoms with Gasteiger partial charge in [-0.3, -0.25) is 4.99 Å². The first kappa shape index (κ1) is 27.6. The standard InChI is InChI=1S/C12H19N.C6H6.C5H12N4.C2H6/c1-10-6-4-5-7-12(10)9-8-11(2)13-3;1-2-4-6-5-3-1;6-2-1-4-3-8-5(7)9-4;1-2/h4-7,11,13H,8-9H2,1-3H3;1-6H;4H,1-3,6H2,(H3,7,8,9);1-2H3. The monoisotopic (exact) mass is 413 g/mol. The Morgan fingerprint density at radius 3 is 2.07 bits per heavy atom. The molecule has 2 atom stereocenters. The zero-order valence-electron chi connectivity index (χ0n) is 19.6. The van der Waals surface area contributed by atoms with E-state index < -0.39 is 0 Å². The van der Waals surface area contributed by atoms with Crippen LogP contribution in [0.5, 0.6) is 0 Å². The highest BCUT2D eigenvalue weighted by Gasteiger charge is 2.12. The minimum Gasteiger partial charge on any atom is -0.370 e. The van der Waals surface area contributed by atoms with Gasteiger partial charge in [0.25, 0.3) is 0 Å². The van der Waals surface area contributed by atoms with Crippen LogP contribution < -0.4 is 22.1 Å². The third-order valence-corrected chi connectivity index (χ3v) is 4.62. The summed E-state index contributed by atoms with van der Waals surface area (Å²) in [6.45, 7) is 9.88. The van der Waals surface area contributed by atoms with Crippen LogP contribution in [0.4, 0.5) is 0 Å². The Morgan fingerprint density at radius 2 is 1.63 bits per heavy atom. The van der Waals surface area contributed by atoms with Crippen molar-refractivity contribution in [2.24, 2.45) is 16.5 Å². The third kappa shape index (κ3) is 13.7. The van der Waals surface area contributed by atoms with Crippen molar-refractivity contribution in [3.05, 3.63) is 71.8 Å². The lowest BCUT2D eigenvalue weighted by molar-refractivity contribution is 0.564. The Balaban J connectivity index is 0.000000429. The summed E-state index contributed by atoms with van der Waals surface area (Å²) in [4.78, 5) is 3.96. The average molecular weight is 414 g/mol. The van der Waals surface area contributed by atoms with Gasteiger partial charge in [0.05, 0.1) is 6.54 Å². The largest absolute Gasteiger partial charge is 0.370 e. The zero-order valence-corrected chi connectivity index (χ0v) is 19.6. The van der Waals surface area contributed by atoms with E-state index in [-0.39, 0.29) is 0 Å². The molecule has 0 spiro atoms. The molecule has 0 bridgehead atoms. The molecule has 0 radical (unpaired) electrons. The summed E-state index contributed by atoms with van der Waals surface area (Å²) in [5.41, 5.74) is 13.6. The van der Waals surface area contributed by atoms with E-state index in [4.69, 9.17) is 11.5 Å². The van der Waals surface area contributed by atoms with Gasteiger partial charge >= 0.3 is 0 Å². The maximum Gasteiger partial charge on any atom is 0.188 e. The molecule has 5 nitrogen and oxygen atoms in total. The van der Waals surface area contributed by atoms with Crippen LogP contribution in [0.25, 0.3) is 0 Å². The molecule has 1 aliphatic rings. The molecular formula is C25H43N5. The van der Waals surface area contributed by atoms with Gasteiger partial charge in [0, 0.05) is 12.1 Å². The lowest BCUT2D eigenvalue weighted by Gasteiger charge is -2.10. The number of rotatable bonds is 6. The van der Waals surface area contributed by atoms with E-state index in [0.29, 0.717) is 24.6 Å². The van der Waals surface area contributed by atoms with Crippen LogP contribution in [0.3, 0.4) is 0 Å². The number of nitrogens with zero attached hydrogens (tertiary/aromatic N) is 1. The molecule has 5 heteroatoms. The topological polar surface area (TPSA) is 88.5 Å². The van der Waals surface area contributed by atoms with E-state index >= 15 is 0 Å². The van der Waals surface area contributed by atoms with Gasteiger partial charge in [-0.15, -0.1) is 0 Å². The lowest BCUT2D eigenvalue weighted by Crippen LogP contribution is -2.36. The van der Waals surface area contributed by atoms with Crippen LogP contribution in [-0.4, -0.2) is 38.2 Å². The quantitative estimate of drug-likeness (QED) is 0.579. The van der Waals surface area contributed by atoms with E-state index in [2.05, 4.69) is 53.7 Å². The second-order valence-electron chi connectivity index (χ2n) is 6.95. The molecule has 2 aromatic carbocycles. The van der Waals surface area contributed by atoms with Crippen LogP contribution >= 0.6 is 0 Å². The summed E-state index contributed by atoms with van der Waals surface area (Å²) in [6, 6.07) is 21.6. The summed E-state index contributed by atoms with van der Waals surface area (Å²) in [5, 5.41) is 6.26. The Hall–Kier alpha value is -2.37. The molecule has 1 aliphatic heterocycles. The van der Waals surface area contributed by atoms with Crippen molar-refractivity contribution in [2.75, 3.05) is 20.1 Å². The smallest absolute Gasteiger partial charge is 0.188 e. The van der Waals surface area contributed by atoms with Crippen molar-refractivity contribution in [3.8, 4) is 0 Å². The van der Waals surface area contributed by atoms with Crippen LogP contribution in [0.15, 0.2) is 65.7 Å². The molecule has 0 aliphatic carbocycles. The van der Waals surface area contributed by atoms with Crippen molar-refractivity contribution >= 4 is 5.96 Å². The fourth-order valence-electron chi connectivity index (χ4n) is 2.67. The van der Waals surface area contributed by atoms with E-state index in [0.717, 1.165) is 13.0 Å². The molecule has 2 aromatic rings. The molecule has 3 rings (SSSR count). The minimum absolute atomic E-state index is 0.384. The van der Waals surface area contributed by atoms with Gasteiger partial charge in [-0.2, -0.15) is 0 Å². The maximum absolute atomic E-state index is 5.35. The van der Waals surface area contributed by atoms with Gasteiger partial charge in [0.15, 0.2) is 5.96 Å². The maximum atomic E-state index is 5.35. The number of hydrogen-bond donors (Lipinski definition) is 4. The van der Waals surface area contributed by atoms with Crippen molar-refractivity contribution in [2.45, 2.75) is 59.0 Å². The molecule has 0 saturated heterocycles. The number of aliphatic imine (C=N–C) groups is 1. The molecule has 0 amide bonds. The average Bonchev–Trinajstić information content (AvgIpc) is 3.21. The summed E-state index contributed by atoms with van der Waals surface area (Å²) in [6.07, 6.45) is 3.33. The first-order valence-corrected chi connectivity index (χ1v) is 11.0. The van der Waals surface area contributed by atoms with Crippen molar-refractivity contribution in [3.63, 3.8) is 0 Å². The number of aryl methyl sites for hydroxylation is 2. The number of nitrogens with one attached hydrogen (secondary N) is 2. The molecule has 2 unspecified atom stereocenters. The van der Waals surface area contributed by atoms with Crippen LogP contribution in [-0.2, 0) is 6.42 Å². The Labute approximate surface area is 184 Å². The van der Waals surface area contributed by atoms with Gasteiger partial charge in [0.1, 0.15) is 0 Å². The minimum atomic E-state index is 0.384. The van der Waals surface area contributed by atoms with Crippen molar-refractivity contribution in [1.29, 1.82) is 0 Å². The molecule has 6 N–H and O–H groups in total. The van der Waals surface area contributed by atoms with Gasteiger partial charge in [-0.1, -0.05) is 74.5 Å². The first-order chi connectivity index (χ1) is 14.6. The number of guanidine groups is 1. The highest BCUT2D eigenvalue weighted by atomic mass is 15.2. The van der Waals surface area contributed by atoms with Gasteiger partial charge < -0.3 is 22.1 Å². The fourth-order valence-corrected chi connectivity index (χ4v) is 2.67. The van der Waals surface area contributed by atoms with E-state index in [1.807, 2.05) is 57.3 Å². The number of benzene rings is 2. The Bertz CT molecular complexity index is 631. The summed E-state index contributed by atoms with van der Waals surface area (Å²) >= 11 is 0. The Kier molecular flexibility index (Phi) is 17.2. The molecule has 30 heavy (non-hydrogen) atoms. The number of nitrogens with two attached hydrogens (primary N) is 2. The van der Waals surface area contributed by atoms with Crippen LogP contribution in [0, 0.1) is 6.92 Å². The normalized spacial score (nSPS) is 15.0. The van der Waals surface area contributed by atoms with Gasteiger partial charge in [-0.05, 0) is 57.8 Å². The highest BCUT2D eigenvalue weighted by Crippen LogP contribution is 2.10. The second-order valence-corrected chi connectivity index (χ2v) is 6.95. The lowest BCUT2D eigenvalue weighted by atomic mass is 10.0. The van der Waals surface area contributed by atoms with E-state index in [9.17, 15) is 0 Å². The van der Waals surface area contributed by atoms with Crippen LogP contribution in [0.2, 0.25) is 0 Å². The highest BCUT2D eigenvalue weighted by molar-refractivity contribution is 5.79. The fraction of sp³-hybridized carbons (Fsp3) is 0.480. The van der Waals surface area contributed by atoms with E-state index in [1.54, 1.807) is 0 Å². The molecular weight excluding hydrogens is 370 g/mol. The zero-order chi connectivity index (χ0) is 22.6. The molecule has 0 aromatic heterocycles. The predicted octanol–water partition coefficient (Wildman–Crippen LogP) is 3.87. The van der Waals surface area contributed by atoms with Crippen LogP contribution in [0.1, 0.15) is 44.7 Å². The molecule has 0 fully saturated rings. The Morgan fingerprint density at radius 1 is 1.07 bits per heavy atom. The summed E-state index contributed by atoms with van der Waals surface area (Å²) in [5.74, 6) is 0.549. The molecule has 168 valence electrons. The second kappa shape index (κ2) is 18.6. The van der Waals surface area contributed by atoms with Gasteiger partial charge in [0.2, 0.25) is 0 Å². The number of hydrogen-bond acceptors (Lipinski definition) is 5. The van der Waals surface area contributed by atoms with E-state index in [1.165, 1.54) is 24.0 Å². The van der Waals surface area contributed by atoms with Crippen molar-refractivity contribution in [1.82, 2.24) is 10.6 Å². The van der Waals surface area contributed by atoms with Gasteiger partial charge in [-0.25, -0.2) is 0 Å². The molecule has 0 saturated carbocycles. The SMILES string of the molecule is CC.CNC(C)CCc1ccccc1C.NCCC1CN=C(N)N1.c1ccccc1. The molecule has 1 heterocycles. The summed E-state index contributed by atoms with van der Waals surface area (Å²) < 4.78 is 0. The summed E-state index contributed by atoms with van der Waals surface area (Å²) in [7, 11) is 2.02. The third-order valence-electron chi connectivity index (χ3n) is 4.62. The first-order valence-electron chi connectivity index (χ1n) is 11.0. The predicted molar refractivity (Wildman–Crippen MR) is 133 cm³/mol. The van der Waals surface area contributed by atoms with Crippen molar-refractivity contribution < 1.29 is 0 Å².